The van der Waals surface area contributed by atoms with Gasteiger partial charge in [-0.3, -0.25) is 4.79 Å². The van der Waals surface area contributed by atoms with Gasteiger partial charge in [-0.2, -0.15) is 0 Å². The van der Waals surface area contributed by atoms with Gasteiger partial charge in [0.05, 0.1) is 6.04 Å². The summed E-state index contributed by atoms with van der Waals surface area (Å²) < 4.78 is 33.6. The number of fused-ring (bicyclic) bond motifs is 1. The van der Waals surface area contributed by atoms with Crippen molar-refractivity contribution in [3.05, 3.63) is 39.7 Å². The third-order valence-electron chi connectivity index (χ3n) is 5.70. The summed E-state index contributed by atoms with van der Waals surface area (Å²) in [5.74, 6) is 1.03. The molecule has 0 bridgehead atoms. The topological polar surface area (TPSA) is 72.3 Å². The summed E-state index contributed by atoms with van der Waals surface area (Å²) in [6.07, 6.45) is -1.42. The molecule has 1 aromatic heterocycles. The minimum atomic E-state index is -2.69. The summed E-state index contributed by atoms with van der Waals surface area (Å²) in [7, 11) is 1.43. The van der Waals surface area contributed by atoms with Gasteiger partial charge in [0.2, 0.25) is 5.91 Å². The highest BCUT2D eigenvalue weighted by Gasteiger charge is 2.33. The molecule has 2 aliphatic heterocycles. The van der Waals surface area contributed by atoms with Crippen molar-refractivity contribution in [3.8, 4) is 5.75 Å². The van der Waals surface area contributed by atoms with Crippen molar-refractivity contribution in [1.29, 1.82) is 0 Å². The normalized spacial score (nSPS) is 21.4. The van der Waals surface area contributed by atoms with Gasteiger partial charge in [-0.25, -0.2) is 13.5 Å². The first-order valence-electron chi connectivity index (χ1n) is 9.97. The van der Waals surface area contributed by atoms with E-state index in [1.54, 1.807) is 12.1 Å². The number of ether oxygens (including phenoxy) is 1. The van der Waals surface area contributed by atoms with Crippen LogP contribution in [0, 0.1) is 5.92 Å². The number of nitrogens with zero attached hydrogens (tertiary/aromatic N) is 4. The van der Waals surface area contributed by atoms with Crippen LogP contribution in [-0.4, -0.2) is 45.4 Å². The van der Waals surface area contributed by atoms with E-state index < -0.39 is 6.43 Å². The van der Waals surface area contributed by atoms with Crippen molar-refractivity contribution in [1.82, 2.24) is 25.2 Å². The van der Waals surface area contributed by atoms with Crippen LogP contribution >= 0.6 is 11.6 Å². The Bertz CT molecular complexity index is 952. The molecule has 4 rings (SSSR count). The molecule has 2 atom stereocenters. The molecule has 1 fully saturated rings. The van der Waals surface area contributed by atoms with Crippen LogP contribution in [0.15, 0.2) is 12.1 Å². The average molecular weight is 440 g/mol. The largest absolute Gasteiger partial charge is 0.487 e. The van der Waals surface area contributed by atoms with Crippen LogP contribution in [0.5, 0.6) is 5.75 Å². The maximum absolute atomic E-state index is 13.3. The van der Waals surface area contributed by atoms with Gasteiger partial charge in [0.15, 0.2) is 0 Å². The average Bonchev–Trinajstić information content (AvgIpc) is 3.22. The molecular formula is C20H24ClF2N5O2. The van der Waals surface area contributed by atoms with Crippen molar-refractivity contribution in [2.24, 2.45) is 13.0 Å². The lowest BCUT2D eigenvalue weighted by molar-refractivity contribution is -0.128. The molecule has 1 N–H and O–H groups in total. The highest BCUT2D eigenvalue weighted by atomic mass is 35.5. The molecule has 162 valence electrons. The molecule has 7 nitrogen and oxygen atoms in total. The number of nitrogens with one attached hydrogen (secondary N) is 1. The molecular weight excluding hydrogens is 416 g/mol. The van der Waals surface area contributed by atoms with E-state index in [0.717, 1.165) is 35.3 Å². The summed E-state index contributed by atoms with van der Waals surface area (Å²) in [5.41, 5.74) is 1.68. The number of carbonyl (C=O) groups excluding carboxylic acids is 1. The van der Waals surface area contributed by atoms with Crippen LogP contribution in [0.25, 0.3) is 0 Å². The highest BCUT2D eigenvalue weighted by Crippen LogP contribution is 2.38. The molecule has 1 saturated heterocycles. The van der Waals surface area contributed by atoms with E-state index in [9.17, 15) is 13.6 Å². The van der Waals surface area contributed by atoms with Gasteiger partial charge in [0, 0.05) is 37.1 Å². The number of halogens is 3. The molecule has 30 heavy (non-hydrogen) atoms. The number of amides is 1. The first-order valence-corrected chi connectivity index (χ1v) is 10.3. The van der Waals surface area contributed by atoms with Gasteiger partial charge >= 0.3 is 0 Å². The number of hydrogen-bond acceptors (Lipinski definition) is 5. The molecule has 0 spiro atoms. The van der Waals surface area contributed by atoms with E-state index in [4.69, 9.17) is 16.3 Å². The molecule has 2 aromatic rings. The fourth-order valence-corrected chi connectivity index (χ4v) is 4.56. The minimum absolute atomic E-state index is 0.0973. The first kappa shape index (κ1) is 21.0. The zero-order chi connectivity index (χ0) is 21.4. The summed E-state index contributed by atoms with van der Waals surface area (Å²) in [6.45, 7) is 3.90. The minimum Gasteiger partial charge on any atom is -0.487 e. The van der Waals surface area contributed by atoms with E-state index in [0.29, 0.717) is 29.7 Å². The zero-order valence-electron chi connectivity index (χ0n) is 16.9. The van der Waals surface area contributed by atoms with Crippen molar-refractivity contribution >= 4 is 17.5 Å². The Kier molecular flexibility index (Phi) is 5.92. The Morgan fingerprint density at radius 1 is 1.40 bits per heavy atom. The van der Waals surface area contributed by atoms with Gasteiger partial charge in [-0.1, -0.05) is 23.7 Å². The molecule has 1 unspecified atom stereocenters. The Labute approximate surface area is 178 Å². The van der Waals surface area contributed by atoms with Crippen molar-refractivity contribution in [3.63, 3.8) is 0 Å². The standard InChI is InChI=1S/C20H24ClF2N5O2/c1-11-7-17(29)28(8-11)9-14-18-12(5-6-24-14)13(21)3-4-16(18)30-10-15-19(20(22)23)27(2)26-25-15/h3-4,11,14,20,24H,5-10H2,1-2H3/t11?,14-/m1/s1. The summed E-state index contributed by atoms with van der Waals surface area (Å²) in [4.78, 5) is 14.1. The van der Waals surface area contributed by atoms with Gasteiger partial charge in [-0.15, -0.1) is 5.10 Å². The third-order valence-corrected chi connectivity index (χ3v) is 6.05. The van der Waals surface area contributed by atoms with E-state index in [2.05, 4.69) is 22.6 Å². The van der Waals surface area contributed by atoms with Crippen LogP contribution in [0.2, 0.25) is 5.02 Å². The third kappa shape index (κ3) is 4.00. The quantitative estimate of drug-likeness (QED) is 0.749. The molecule has 0 radical (unpaired) electrons. The van der Waals surface area contributed by atoms with E-state index in [1.165, 1.54) is 7.05 Å². The second-order valence-electron chi connectivity index (χ2n) is 7.94. The molecule has 0 saturated carbocycles. The fourth-order valence-electron chi connectivity index (χ4n) is 4.30. The van der Waals surface area contributed by atoms with Gasteiger partial charge in [0.25, 0.3) is 6.43 Å². The van der Waals surface area contributed by atoms with Gasteiger partial charge in [-0.05, 0) is 36.6 Å². The van der Waals surface area contributed by atoms with Crippen LogP contribution < -0.4 is 10.1 Å². The summed E-state index contributed by atoms with van der Waals surface area (Å²) in [5, 5.41) is 11.6. The number of likely N-dealkylation sites (tertiary alicyclic amines) is 1. The Balaban J connectivity index is 1.60. The smallest absolute Gasteiger partial charge is 0.282 e. The summed E-state index contributed by atoms with van der Waals surface area (Å²) in [6, 6.07) is 3.35. The van der Waals surface area contributed by atoms with Crippen molar-refractivity contribution in [2.75, 3.05) is 19.6 Å². The lowest BCUT2D eigenvalue weighted by atomic mass is 9.92. The molecule has 1 aromatic carbocycles. The van der Waals surface area contributed by atoms with Crippen LogP contribution in [0.1, 0.15) is 48.3 Å². The second kappa shape index (κ2) is 8.47. The maximum atomic E-state index is 13.3. The molecule has 10 heteroatoms. The predicted molar refractivity (Wildman–Crippen MR) is 107 cm³/mol. The lowest BCUT2D eigenvalue weighted by Gasteiger charge is -2.32. The zero-order valence-corrected chi connectivity index (χ0v) is 17.6. The van der Waals surface area contributed by atoms with Gasteiger partial charge in [0.1, 0.15) is 23.7 Å². The Hall–Kier alpha value is -2.26. The van der Waals surface area contributed by atoms with Crippen molar-refractivity contribution < 1.29 is 18.3 Å². The maximum Gasteiger partial charge on any atom is 0.282 e. The fraction of sp³-hybridized carbons (Fsp3) is 0.550. The number of aryl methyl sites for hydroxylation is 1. The summed E-state index contributed by atoms with van der Waals surface area (Å²) >= 11 is 6.45. The molecule has 3 heterocycles. The van der Waals surface area contributed by atoms with E-state index in [-0.39, 0.29) is 29.9 Å². The van der Waals surface area contributed by atoms with E-state index >= 15 is 0 Å². The predicted octanol–water partition coefficient (Wildman–Crippen LogP) is 3.04. The number of hydrogen-bond donors (Lipinski definition) is 1. The Morgan fingerprint density at radius 3 is 2.90 bits per heavy atom. The number of carbonyl (C=O) groups is 1. The number of alkyl halides is 2. The lowest BCUT2D eigenvalue weighted by Crippen LogP contribution is -2.40. The number of benzene rings is 1. The first-order chi connectivity index (χ1) is 14.3. The number of rotatable bonds is 6. The second-order valence-corrected chi connectivity index (χ2v) is 8.34. The molecule has 1 amide bonds. The Morgan fingerprint density at radius 2 is 2.20 bits per heavy atom. The van der Waals surface area contributed by atoms with Gasteiger partial charge < -0.3 is 15.0 Å². The monoisotopic (exact) mass is 439 g/mol. The van der Waals surface area contributed by atoms with Crippen LogP contribution in [0.4, 0.5) is 8.78 Å². The van der Waals surface area contributed by atoms with Crippen LogP contribution in [0.3, 0.4) is 0 Å². The SMILES string of the molecule is CC1CC(=O)N(C[C@H]2NCCc3c(Cl)ccc(OCc4nnn(C)c4C(F)F)c32)C1. The number of aromatic nitrogens is 3. The van der Waals surface area contributed by atoms with Crippen molar-refractivity contribution in [2.45, 2.75) is 38.8 Å². The van der Waals surface area contributed by atoms with E-state index in [1.807, 2.05) is 4.90 Å². The highest BCUT2D eigenvalue weighted by molar-refractivity contribution is 6.31. The van der Waals surface area contributed by atoms with Crippen LogP contribution in [-0.2, 0) is 24.9 Å². The molecule has 0 aliphatic carbocycles. The molecule has 2 aliphatic rings.